The van der Waals surface area contributed by atoms with Crippen LogP contribution in [-0.4, -0.2) is 11.9 Å². The Morgan fingerprint density at radius 1 is 1.30 bits per heavy atom. The Morgan fingerprint density at radius 2 is 1.90 bits per heavy atom. The van der Waals surface area contributed by atoms with E-state index >= 15 is 0 Å². The molecule has 0 bridgehead atoms. The number of nitrogens with two attached hydrogens (primary N) is 1. The molecule has 1 rings (SSSR count). The third kappa shape index (κ3) is 4.34. The molecule has 3 heteroatoms. The first-order valence-corrected chi connectivity index (χ1v) is 7.28. The molecule has 112 valence electrons. The highest BCUT2D eigenvalue weighted by molar-refractivity contribution is 5.92. The molecule has 0 saturated carbocycles. The zero-order valence-electron chi connectivity index (χ0n) is 13.6. The van der Waals surface area contributed by atoms with Crippen molar-refractivity contribution in [3.63, 3.8) is 0 Å². The zero-order valence-corrected chi connectivity index (χ0v) is 13.6. The summed E-state index contributed by atoms with van der Waals surface area (Å²) in [6.45, 7) is 12.4. The van der Waals surface area contributed by atoms with E-state index in [1.807, 2.05) is 19.1 Å². The first kappa shape index (κ1) is 16.7. The van der Waals surface area contributed by atoms with Crippen molar-refractivity contribution in [2.45, 2.75) is 59.9 Å². The summed E-state index contributed by atoms with van der Waals surface area (Å²) >= 11 is 0. The third-order valence-electron chi connectivity index (χ3n) is 3.71. The Bertz CT molecular complexity index is 472. The van der Waals surface area contributed by atoms with Gasteiger partial charge < -0.3 is 11.1 Å². The molecule has 0 aliphatic rings. The lowest BCUT2D eigenvalue weighted by molar-refractivity contribution is -0.117. The number of benzene rings is 1. The molecular formula is C17H28N2O. The SMILES string of the molecule is Cc1cccc(C(C)C)c1NC(=O)CC(N)C(C)(C)C. The van der Waals surface area contributed by atoms with Crippen LogP contribution in [0.1, 0.15) is 58.1 Å². The van der Waals surface area contributed by atoms with E-state index in [0.717, 1.165) is 11.3 Å². The molecule has 0 radical (unpaired) electrons. The Labute approximate surface area is 122 Å². The number of para-hydroxylation sites is 1. The van der Waals surface area contributed by atoms with Gasteiger partial charge in [0.1, 0.15) is 0 Å². The largest absolute Gasteiger partial charge is 0.327 e. The minimum absolute atomic E-state index is 0.0105. The van der Waals surface area contributed by atoms with Gasteiger partial charge in [-0.3, -0.25) is 4.79 Å². The van der Waals surface area contributed by atoms with Gasteiger partial charge in [-0.1, -0.05) is 52.8 Å². The fraction of sp³-hybridized carbons (Fsp3) is 0.588. The van der Waals surface area contributed by atoms with Crippen molar-refractivity contribution in [1.29, 1.82) is 0 Å². The van der Waals surface area contributed by atoms with Crippen molar-refractivity contribution >= 4 is 11.6 Å². The van der Waals surface area contributed by atoms with Crippen LogP contribution < -0.4 is 11.1 Å². The van der Waals surface area contributed by atoms with Gasteiger partial charge >= 0.3 is 0 Å². The highest BCUT2D eigenvalue weighted by Crippen LogP contribution is 2.28. The minimum atomic E-state index is -0.144. The first-order valence-electron chi connectivity index (χ1n) is 7.28. The van der Waals surface area contributed by atoms with E-state index in [9.17, 15) is 4.79 Å². The predicted octanol–water partition coefficient (Wildman–Crippen LogP) is 3.82. The lowest BCUT2D eigenvalue weighted by Gasteiger charge is -2.27. The van der Waals surface area contributed by atoms with E-state index < -0.39 is 0 Å². The van der Waals surface area contributed by atoms with E-state index in [2.05, 4.69) is 46.0 Å². The summed E-state index contributed by atoms with van der Waals surface area (Å²) in [6.07, 6.45) is 0.343. The Balaban J connectivity index is 2.86. The lowest BCUT2D eigenvalue weighted by atomic mass is 9.85. The maximum Gasteiger partial charge on any atom is 0.225 e. The standard InChI is InChI=1S/C17H28N2O/c1-11(2)13-9-7-8-12(3)16(13)19-15(20)10-14(18)17(4,5)6/h7-9,11,14H,10,18H2,1-6H3,(H,19,20). The number of amides is 1. The van der Waals surface area contributed by atoms with Gasteiger partial charge in [-0.05, 0) is 29.4 Å². The molecule has 3 nitrogen and oxygen atoms in total. The second kappa shape index (κ2) is 6.40. The fourth-order valence-electron chi connectivity index (χ4n) is 2.04. The molecule has 0 aliphatic heterocycles. The number of carbonyl (C=O) groups is 1. The average molecular weight is 276 g/mol. The van der Waals surface area contributed by atoms with Crippen LogP contribution in [0.3, 0.4) is 0 Å². The van der Waals surface area contributed by atoms with Crippen molar-refractivity contribution in [1.82, 2.24) is 0 Å². The van der Waals surface area contributed by atoms with Gasteiger partial charge in [0.15, 0.2) is 0 Å². The molecule has 0 aromatic heterocycles. The molecule has 0 aliphatic carbocycles. The predicted molar refractivity (Wildman–Crippen MR) is 85.9 cm³/mol. The quantitative estimate of drug-likeness (QED) is 0.878. The van der Waals surface area contributed by atoms with Crippen LogP contribution in [0, 0.1) is 12.3 Å². The van der Waals surface area contributed by atoms with Crippen LogP contribution in [0.4, 0.5) is 5.69 Å². The Kier molecular flexibility index (Phi) is 5.35. The van der Waals surface area contributed by atoms with Crippen LogP contribution in [0.5, 0.6) is 0 Å². The van der Waals surface area contributed by atoms with E-state index in [1.165, 1.54) is 5.56 Å². The highest BCUT2D eigenvalue weighted by atomic mass is 16.1. The smallest absolute Gasteiger partial charge is 0.225 e. The maximum absolute atomic E-state index is 12.2. The molecule has 1 atom stereocenters. The molecule has 0 heterocycles. The third-order valence-corrected chi connectivity index (χ3v) is 3.71. The number of rotatable bonds is 4. The van der Waals surface area contributed by atoms with Crippen LogP contribution in [-0.2, 0) is 4.79 Å². The number of aryl methyl sites for hydroxylation is 1. The van der Waals surface area contributed by atoms with Crippen LogP contribution in [0.25, 0.3) is 0 Å². The summed E-state index contributed by atoms with van der Waals surface area (Å²) in [5.41, 5.74) is 9.21. The molecular weight excluding hydrogens is 248 g/mol. The van der Waals surface area contributed by atoms with Crippen molar-refractivity contribution in [2.75, 3.05) is 5.32 Å². The summed E-state index contributed by atoms with van der Waals surface area (Å²) in [5, 5.41) is 3.04. The molecule has 0 saturated heterocycles. The monoisotopic (exact) mass is 276 g/mol. The number of nitrogens with one attached hydrogen (secondary N) is 1. The van der Waals surface area contributed by atoms with Gasteiger partial charge in [-0.25, -0.2) is 0 Å². The second-order valence-electron chi connectivity index (χ2n) is 6.92. The molecule has 1 unspecified atom stereocenters. The summed E-state index contributed by atoms with van der Waals surface area (Å²) in [6, 6.07) is 5.97. The minimum Gasteiger partial charge on any atom is -0.327 e. The number of carbonyl (C=O) groups excluding carboxylic acids is 1. The maximum atomic E-state index is 12.2. The average Bonchev–Trinajstić information content (AvgIpc) is 2.30. The van der Waals surface area contributed by atoms with Crippen molar-refractivity contribution in [3.05, 3.63) is 29.3 Å². The Hall–Kier alpha value is -1.35. The number of hydrogen-bond donors (Lipinski definition) is 2. The van der Waals surface area contributed by atoms with Gasteiger partial charge in [0.25, 0.3) is 0 Å². The Morgan fingerprint density at radius 3 is 2.40 bits per heavy atom. The molecule has 0 fully saturated rings. The van der Waals surface area contributed by atoms with E-state index in [-0.39, 0.29) is 17.4 Å². The van der Waals surface area contributed by atoms with Crippen LogP contribution in [0.2, 0.25) is 0 Å². The summed E-state index contributed by atoms with van der Waals surface area (Å²) in [5.74, 6) is 0.366. The zero-order chi connectivity index (χ0) is 15.5. The fourth-order valence-corrected chi connectivity index (χ4v) is 2.04. The van der Waals surface area contributed by atoms with Crippen molar-refractivity contribution in [2.24, 2.45) is 11.1 Å². The number of anilines is 1. The van der Waals surface area contributed by atoms with Gasteiger partial charge in [0, 0.05) is 18.2 Å². The number of hydrogen-bond acceptors (Lipinski definition) is 2. The van der Waals surface area contributed by atoms with Gasteiger partial charge in [-0.2, -0.15) is 0 Å². The van der Waals surface area contributed by atoms with Crippen molar-refractivity contribution < 1.29 is 4.79 Å². The van der Waals surface area contributed by atoms with Gasteiger partial charge in [-0.15, -0.1) is 0 Å². The van der Waals surface area contributed by atoms with Gasteiger partial charge in [0.2, 0.25) is 5.91 Å². The molecule has 3 N–H and O–H groups in total. The van der Waals surface area contributed by atoms with Crippen LogP contribution >= 0.6 is 0 Å². The van der Waals surface area contributed by atoms with Gasteiger partial charge in [0.05, 0.1) is 0 Å². The topological polar surface area (TPSA) is 55.1 Å². The van der Waals surface area contributed by atoms with E-state index in [1.54, 1.807) is 0 Å². The molecule has 1 aromatic carbocycles. The summed E-state index contributed by atoms with van der Waals surface area (Å²) in [4.78, 5) is 12.2. The van der Waals surface area contributed by atoms with Crippen molar-refractivity contribution in [3.8, 4) is 0 Å². The summed E-state index contributed by atoms with van der Waals surface area (Å²) < 4.78 is 0. The lowest BCUT2D eigenvalue weighted by Crippen LogP contribution is -2.38. The molecule has 1 aromatic rings. The van der Waals surface area contributed by atoms with E-state index in [0.29, 0.717) is 12.3 Å². The van der Waals surface area contributed by atoms with E-state index in [4.69, 9.17) is 5.73 Å². The molecule has 20 heavy (non-hydrogen) atoms. The second-order valence-corrected chi connectivity index (χ2v) is 6.92. The highest BCUT2D eigenvalue weighted by Gasteiger charge is 2.23. The molecule has 0 spiro atoms. The first-order chi connectivity index (χ1) is 9.12. The van der Waals surface area contributed by atoms with Crippen LogP contribution in [0.15, 0.2) is 18.2 Å². The molecule has 1 amide bonds. The summed E-state index contributed by atoms with van der Waals surface area (Å²) in [7, 11) is 0. The normalized spacial score (nSPS) is 13.4.